The number of hydrogen-bond donors (Lipinski definition) is 1. The van der Waals surface area contributed by atoms with Crippen molar-refractivity contribution in [3.05, 3.63) is 59.1 Å². The molecule has 34 heavy (non-hydrogen) atoms. The van der Waals surface area contributed by atoms with Gasteiger partial charge < -0.3 is 24.6 Å². The van der Waals surface area contributed by atoms with E-state index < -0.39 is 0 Å². The largest absolute Gasteiger partial charge is 0.378 e. The molecule has 5 rings (SSSR count). The number of nitrogens with zero attached hydrogens (tertiary/aromatic N) is 3. The number of amides is 1. The number of hydrogen-bond acceptors (Lipinski definition) is 7. The molecular formula is C26H30N4O3S. The van der Waals surface area contributed by atoms with Gasteiger partial charge in [0.05, 0.1) is 49.9 Å². The lowest BCUT2D eigenvalue weighted by Gasteiger charge is -2.33. The molecule has 1 aromatic heterocycles. The summed E-state index contributed by atoms with van der Waals surface area (Å²) in [4.78, 5) is 22.3. The Morgan fingerprint density at radius 3 is 2.47 bits per heavy atom. The number of carbonyl (C=O) groups is 1. The van der Waals surface area contributed by atoms with Crippen LogP contribution in [0.4, 0.5) is 17.1 Å². The van der Waals surface area contributed by atoms with Crippen molar-refractivity contribution in [2.75, 3.05) is 67.7 Å². The second kappa shape index (κ2) is 10.5. The predicted molar refractivity (Wildman–Crippen MR) is 137 cm³/mol. The SMILES string of the molecule is Cc1cccc(-c2nc(CC(=O)Nc3ccc(N4CCOCC4)cc3N3CCOCC3)cs2)c1. The van der Waals surface area contributed by atoms with E-state index in [-0.39, 0.29) is 12.3 Å². The number of thiazole rings is 1. The van der Waals surface area contributed by atoms with E-state index in [0.29, 0.717) is 13.2 Å². The lowest BCUT2D eigenvalue weighted by Crippen LogP contribution is -2.38. The molecule has 8 heteroatoms. The first-order valence-electron chi connectivity index (χ1n) is 11.8. The summed E-state index contributed by atoms with van der Waals surface area (Å²) in [6, 6.07) is 14.6. The highest BCUT2D eigenvalue weighted by molar-refractivity contribution is 7.13. The topological polar surface area (TPSA) is 66.9 Å². The average molecular weight is 479 g/mol. The minimum absolute atomic E-state index is 0.0604. The van der Waals surface area contributed by atoms with E-state index in [1.807, 2.05) is 17.5 Å². The molecule has 7 nitrogen and oxygen atoms in total. The fourth-order valence-electron chi connectivity index (χ4n) is 4.37. The Hall–Kier alpha value is -2.94. The second-order valence-corrected chi connectivity index (χ2v) is 9.50. The van der Waals surface area contributed by atoms with Crippen LogP contribution in [-0.2, 0) is 20.7 Å². The number of carbonyl (C=O) groups excluding carboxylic acids is 1. The minimum atomic E-state index is -0.0604. The number of anilines is 3. The van der Waals surface area contributed by atoms with Gasteiger partial charge in [-0.1, -0.05) is 23.8 Å². The standard InChI is InChI=1S/C26H30N4O3S/c1-19-3-2-4-20(15-19)26-27-21(18-34-26)16-25(31)28-23-6-5-22(29-7-11-32-12-8-29)17-24(23)30-9-13-33-14-10-30/h2-6,15,17-18H,7-14,16H2,1H3,(H,28,31). The third kappa shape index (κ3) is 5.41. The van der Waals surface area contributed by atoms with Crippen molar-refractivity contribution in [2.45, 2.75) is 13.3 Å². The molecule has 0 spiro atoms. The maximum Gasteiger partial charge on any atom is 0.230 e. The van der Waals surface area contributed by atoms with Gasteiger partial charge in [0.2, 0.25) is 5.91 Å². The van der Waals surface area contributed by atoms with Crippen molar-refractivity contribution in [3.8, 4) is 10.6 Å². The Balaban J connectivity index is 1.32. The summed E-state index contributed by atoms with van der Waals surface area (Å²) < 4.78 is 11.1. The van der Waals surface area contributed by atoms with E-state index in [2.05, 4.69) is 52.4 Å². The van der Waals surface area contributed by atoms with E-state index in [4.69, 9.17) is 14.5 Å². The van der Waals surface area contributed by atoms with E-state index in [0.717, 1.165) is 72.7 Å². The van der Waals surface area contributed by atoms with E-state index in [1.54, 1.807) is 11.3 Å². The summed E-state index contributed by atoms with van der Waals surface area (Å²) in [6.07, 6.45) is 0.246. The maximum atomic E-state index is 13.0. The lowest BCUT2D eigenvalue weighted by molar-refractivity contribution is -0.115. The summed E-state index contributed by atoms with van der Waals surface area (Å²) in [7, 11) is 0. The summed E-state index contributed by atoms with van der Waals surface area (Å²) in [5.41, 5.74) is 6.10. The molecule has 178 valence electrons. The van der Waals surface area contributed by atoms with Crippen molar-refractivity contribution in [1.29, 1.82) is 0 Å². The molecule has 2 aliphatic heterocycles. The average Bonchev–Trinajstić information content (AvgIpc) is 3.34. The van der Waals surface area contributed by atoms with Crippen LogP contribution in [0.15, 0.2) is 47.8 Å². The van der Waals surface area contributed by atoms with E-state index in [9.17, 15) is 4.79 Å². The van der Waals surface area contributed by atoms with Crippen molar-refractivity contribution in [1.82, 2.24) is 4.98 Å². The zero-order valence-electron chi connectivity index (χ0n) is 19.5. The molecule has 0 saturated carbocycles. The first-order chi connectivity index (χ1) is 16.7. The molecular weight excluding hydrogens is 448 g/mol. The van der Waals surface area contributed by atoms with E-state index in [1.165, 1.54) is 5.56 Å². The summed E-state index contributed by atoms with van der Waals surface area (Å²) >= 11 is 1.57. The second-order valence-electron chi connectivity index (χ2n) is 8.64. The van der Waals surface area contributed by atoms with Crippen LogP contribution < -0.4 is 15.1 Å². The van der Waals surface area contributed by atoms with Crippen LogP contribution in [0.25, 0.3) is 10.6 Å². The highest BCUT2D eigenvalue weighted by atomic mass is 32.1. The molecule has 2 aromatic carbocycles. The fraction of sp³-hybridized carbons (Fsp3) is 0.385. The Morgan fingerprint density at radius 2 is 1.74 bits per heavy atom. The molecule has 0 bridgehead atoms. The third-order valence-corrected chi connectivity index (χ3v) is 7.08. The van der Waals surface area contributed by atoms with Crippen LogP contribution in [0.3, 0.4) is 0 Å². The maximum absolute atomic E-state index is 13.0. The molecule has 0 atom stereocenters. The normalized spacial score (nSPS) is 16.5. The Labute approximate surface area is 204 Å². The Bertz CT molecular complexity index is 1140. The molecule has 3 aromatic rings. The molecule has 0 radical (unpaired) electrons. The van der Waals surface area contributed by atoms with Gasteiger partial charge in [-0.3, -0.25) is 4.79 Å². The van der Waals surface area contributed by atoms with Crippen molar-refractivity contribution in [3.63, 3.8) is 0 Å². The predicted octanol–water partition coefficient (Wildman–Crippen LogP) is 3.97. The minimum Gasteiger partial charge on any atom is -0.378 e. The molecule has 0 aliphatic carbocycles. The van der Waals surface area contributed by atoms with Gasteiger partial charge in [0.15, 0.2) is 0 Å². The molecule has 3 heterocycles. The summed E-state index contributed by atoms with van der Waals surface area (Å²) in [5.74, 6) is -0.0604. The zero-order valence-corrected chi connectivity index (χ0v) is 20.3. The Kier molecular flexibility index (Phi) is 7.08. The van der Waals surface area contributed by atoms with Crippen LogP contribution in [0.2, 0.25) is 0 Å². The van der Waals surface area contributed by atoms with Gasteiger partial charge in [0, 0.05) is 42.8 Å². The van der Waals surface area contributed by atoms with E-state index >= 15 is 0 Å². The van der Waals surface area contributed by atoms with Gasteiger partial charge >= 0.3 is 0 Å². The zero-order chi connectivity index (χ0) is 23.3. The van der Waals surface area contributed by atoms with Crippen LogP contribution in [-0.4, -0.2) is 63.5 Å². The van der Waals surface area contributed by atoms with Gasteiger partial charge in [-0.15, -0.1) is 11.3 Å². The first-order valence-corrected chi connectivity index (χ1v) is 12.6. The van der Waals surface area contributed by atoms with Crippen LogP contribution in [0.1, 0.15) is 11.3 Å². The number of aromatic nitrogens is 1. The molecule has 0 unspecified atom stereocenters. The van der Waals surface area contributed by atoms with Gasteiger partial charge in [0.25, 0.3) is 0 Å². The lowest BCUT2D eigenvalue weighted by atomic mass is 10.1. The molecule has 1 N–H and O–H groups in total. The van der Waals surface area contributed by atoms with Gasteiger partial charge in [0.1, 0.15) is 5.01 Å². The smallest absolute Gasteiger partial charge is 0.230 e. The van der Waals surface area contributed by atoms with Gasteiger partial charge in [-0.25, -0.2) is 4.98 Å². The highest BCUT2D eigenvalue weighted by Crippen LogP contribution is 2.32. The monoisotopic (exact) mass is 478 g/mol. The van der Waals surface area contributed by atoms with Crippen LogP contribution >= 0.6 is 11.3 Å². The first kappa shape index (κ1) is 22.8. The van der Waals surface area contributed by atoms with Gasteiger partial charge in [-0.2, -0.15) is 0 Å². The third-order valence-electron chi connectivity index (χ3n) is 6.14. The molecule has 2 saturated heterocycles. The van der Waals surface area contributed by atoms with Crippen LogP contribution in [0.5, 0.6) is 0 Å². The molecule has 2 fully saturated rings. The van der Waals surface area contributed by atoms with Crippen LogP contribution in [0, 0.1) is 6.92 Å². The number of benzene rings is 2. The number of aryl methyl sites for hydroxylation is 1. The number of ether oxygens (including phenoxy) is 2. The molecule has 1 amide bonds. The van der Waals surface area contributed by atoms with Gasteiger partial charge in [-0.05, 0) is 31.2 Å². The Morgan fingerprint density at radius 1 is 1.00 bits per heavy atom. The highest BCUT2D eigenvalue weighted by Gasteiger charge is 2.20. The summed E-state index contributed by atoms with van der Waals surface area (Å²) in [6.45, 7) is 8.30. The number of morpholine rings is 2. The van der Waals surface area contributed by atoms with Crippen molar-refractivity contribution in [2.24, 2.45) is 0 Å². The van der Waals surface area contributed by atoms with Crippen molar-refractivity contribution < 1.29 is 14.3 Å². The number of rotatable bonds is 6. The van der Waals surface area contributed by atoms with Crippen molar-refractivity contribution >= 4 is 34.3 Å². The summed E-state index contributed by atoms with van der Waals surface area (Å²) in [5, 5.41) is 6.06. The quantitative estimate of drug-likeness (QED) is 0.578. The fourth-order valence-corrected chi connectivity index (χ4v) is 5.18. The molecule has 2 aliphatic rings. The number of nitrogens with one attached hydrogen (secondary N) is 1.